The standard InChI is InChI=1S/C24H23N5O2S/c1-14(30)16-6-5-7-17(12-16)26-23(31)15(2)32-24-28-27-22(29(24)18-10-11-18)20-13-25-21-9-4-3-8-19(20)21/h3-9,12-13,15,18,25H,10-11H2,1-2H3,(H,26,31)/t15-/m0/s1. The molecule has 2 aromatic heterocycles. The zero-order valence-electron chi connectivity index (χ0n) is 17.8. The van der Waals surface area contributed by atoms with Gasteiger partial charge < -0.3 is 10.3 Å². The molecule has 4 aromatic rings. The summed E-state index contributed by atoms with van der Waals surface area (Å²) in [6, 6.07) is 15.5. The average molecular weight is 446 g/mol. The van der Waals surface area contributed by atoms with Crippen LogP contribution in [-0.4, -0.2) is 36.7 Å². The number of benzene rings is 2. The third kappa shape index (κ3) is 3.93. The highest BCUT2D eigenvalue weighted by Crippen LogP contribution is 2.42. The summed E-state index contributed by atoms with van der Waals surface area (Å²) in [6.07, 6.45) is 4.14. The molecule has 1 aliphatic rings. The van der Waals surface area contributed by atoms with Gasteiger partial charge in [0.05, 0.1) is 5.25 Å². The third-order valence-corrected chi connectivity index (χ3v) is 6.65. The van der Waals surface area contributed by atoms with E-state index < -0.39 is 0 Å². The minimum absolute atomic E-state index is 0.0362. The van der Waals surface area contributed by atoms with Gasteiger partial charge in [0.2, 0.25) is 5.91 Å². The molecular weight excluding hydrogens is 422 g/mol. The van der Waals surface area contributed by atoms with Crippen LogP contribution < -0.4 is 5.32 Å². The van der Waals surface area contributed by atoms with Crippen LogP contribution in [-0.2, 0) is 4.79 Å². The number of carbonyl (C=O) groups excluding carboxylic acids is 2. The Morgan fingerprint density at radius 2 is 1.97 bits per heavy atom. The lowest BCUT2D eigenvalue weighted by atomic mass is 10.1. The van der Waals surface area contributed by atoms with Gasteiger partial charge in [-0.1, -0.05) is 42.1 Å². The topological polar surface area (TPSA) is 92.7 Å². The number of aromatic nitrogens is 4. The van der Waals surface area contributed by atoms with E-state index in [1.165, 1.54) is 18.7 Å². The number of ketones is 1. The Balaban J connectivity index is 1.38. The summed E-state index contributed by atoms with van der Waals surface area (Å²) in [7, 11) is 0. The fourth-order valence-electron chi connectivity index (χ4n) is 3.73. The van der Waals surface area contributed by atoms with Crippen molar-refractivity contribution < 1.29 is 9.59 Å². The van der Waals surface area contributed by atoms with Gasteiger partial charge in [0.15, 0.2) is 16.8 Å². The Bertz CT molecular complexity index is 1320. The maximum absolute atomic E-state index is 12.8. The number of fused-ring (bicyclic) bond motifs is 1. The van der Waals surface area contributed by atoms with Crippen molar-refractivity contribution in [3.8, 4) is 11.4 Å². The highest BCUT2D eigenvalue weighted by atomic mass is 32.2. The molecule has 2 N–H and O–H groups in total. The van der Waals surface area contributed by atoms with Gasteiger partial charge in [0, 0.05) is 40.0 Å². The molecule has 7 nitrogen and oxygen atoms in total. The van der Waals surface area contributed by atoms with E-state index in [0.717, 1.165) is 40.3 Å². The van der Waals surface area contributed by atoms with E-state index in [0.29, 0.717) is 17.3 Å². The zero-order chi connectivity index (χ0) is 22.2. The molecule has 2 heterocycles. The quantitative estimate of drug-likeness (QED) is 0.306. The van der Waals surface area contributed by atoms with Gasteiger partial charge >= 0.3 is 0 Å². The monoisotopic (exact) mass is 445 g/mol. The molecule has 0 radical (unpaired) electrons. The first kappa shape index (κ1) is 20.5. The number of hydrogen-bond donors (Lipinski definition) is 2. The Morgan fingerprint density at radius 1 is 1.16 bits per heavy atom. The van der Waals surface area contributed by atoms with E-state index in [2.05, 4.69) is 31.1 Å². The number of anilines is 1. The summed E-state index contributed by atoms with van der Waals surface area (Å²) in [4.78, 5) is 27.7. The van der Waals surface area contributed by atoms with Crippen LogP contribution in [0.2, 0.25) is 0 Å². The Labute approximate surface area is 189 Å². The number of para-hydroxylation sites is 1. The lowest BCUT2D eigenvalue weighted by Crippen LogP contribution is -2.23. The Kier molecular flexibility index (Phi) is 5.30. The fourth-order valence-corrected chi connectivity index (χ4v) is 4.65. The minimum atomic E-state index is -0.381. The second-order valence-electron chi connectivity index (χ2n) is 8.04. The van der Waals surface area contributed by atoms with Crippen LogP contribution in [0.5, 0.6) is 0 Å². The summed E-state index contributed by atoms with van der Waals surface area (Å²) >= 11 is 1.40. The van der Waals surface area contributed by atoms with Crippen molar-refractivity contribution in [2.24, 2.45) is 0 Å². The molecule has 0 saturated heterocycles. The number of aromatic amines is 1. The number of hydrogen-bond acceptors (Lipinski definition) is 5. The van der Waals surface area contributed by atoms with Crippen molar-refractivity contribution >= 4 is 40.0 Å². The molecule has 0 aliphatic heterocycles. The predicted molar refractivity (Wildman–Crippen MR) is 126 cm³/mol. The van der Waals surface area contributed by atoms with Crippen molar-refractivity contribution in [3.63, 3.8) is 0 Å². The normalized spacial score (nSPS) is 14.4. The van der Waals surface area contributed by atoms with Gasteiger partial charge in [0.25, 0.3) is 0 Å². The molecule has 162 valence electrons. The van der Waals surface area contributed by atoms with E-state index in [-0.39, 0.29) is 16.9 Å². The van der Waals surface area contributed by atoms with Crippen molar-refractivity contribution in [3.05, 3.63) is 60.3 Å². The first-order chi connectivity index (χ1) is 15.5. The maximum atomic E-state index is 12.8. The lowest BCUT2D eigenvalue weighted by molar-refractivity contribution is -0.115. The van der Waals surface area contributed by atoms with E-state index in [1.807, 2.05) is 31.3 Å². The van der Waals surface area contributed by atoms with Crippen LogP contribution >= 0.6 is 11.8 Å². The van der Waals surface area contributed by atoms with Crippen LogP contribution in [0.25, 0.3) is 22.3 Å². The number of thioether (sulfide) groups is 1. The second-order valence-corrected chi connectivity index (χ2v) is 9.35. The van der Waals surface area contributed by atoms with Crippen molar-refractivity contribution in [1.29, 1.82) is 0 Å². The van der Waals surface area contributed by atoms with Gasteiger partial charge in [-0.05, 0) is 44.9 Å². The van der Waals surface area contributed by atoms with Gasteiger partial charge in [-0.2, -0.15) is 0 Å². The molecule has 1 atom stereocenters. The molecule has 1 amide bonds. The molecule has 0 unspecified atom stereocenters. The summed E-state index contributed by atoms with van der Waals surface area (Å²) in [6.45, 7) is 3.36. The maximum Gasteiger partial charge on any atom is 0.237 e. The number of amides is 1. The van der Waals surface area contributed by atoms with E-state index in [9.17, 15) is 9.59 Å². The van der Waals surface area contributed by atoms with E-state index in [1.54, 1.807) is 24.3 Å². The highest BCUT2D eigenvalue weighted by molar-refractivity contribution is 8.00. The molecular formula is C24H23N5O2S. The molecule has 0 spiro atoms. The average Bonchev–Trinajstić information content (AvgIpc) is 3.41. The number of H-pyrrole nitrogens is 1. The van der Waals surface area contributed by atoms with Crippen LogP contribution in [0.3, 0.4) is 0 Å². The van der Waals surface area contributed by atoms with Crippen molar-refractivity contribution in [2.75, 3.05) is 5.32 Å². The molecule has 0 bridgehead atoms. The van der Waals surface area contributed by atoms with Gasteiger partial charge in [-0.3, -0.25) is 14.2 Å². The van der Waals surface area contributed by atoms with Crippen molar-refractivity contribution in [1.82, 2.24) is 19.7 Å². The van der Waals surface area contributed by atoms with Crippen LogP contribution in [0.4, 0.5) is 5.69 Å². The van der Waals surface area contributed by atoms with Crippen molar-refractivity contribution in [2.45, 2.75) is 43.1 Å². The first-order valence-corrected chi connectivity index (χ1v) is 11.5. The number of nitrogens with one attached hydrogen (secondary N) is 2. The molecule has 32 heavy (non-hydrogen) atoms. The van der Waals surface area contributed by atoms with E-state index >= 15 is 0 Å². The first-order valence-electron chi connectivity index (χ1n) is 10.6. The fraction of sp³-hybridized carbons (Fsp3) is 0.250. The molecule has 5 rings (SSSR count). The largest absolute Gasteiger partial charge is 0.360 e. The number of rotatable bonds is 7. The SMILES string of the molecule is CC(=O)c1cccc(NC(=O)[C@H](C)Sc2nnc(-c3c[nH]c4ccccc34)n2C2CC2)c1. The number of carbonyl (C=O) groups is 2. The lowest BCUT2D eigenvalue weighted by Gasteiger charge is -2.13. The third-order valence-electron chi connectivity index (χ3n) is 5.59. The predicted octanol–water partition coefficient (Wildman–Crippen LogP) is 5.08. The summed E-state index contributed by atoms with van der Waals surface area (Å²) in [5, 5.41) is 13.3. The smallest absolute Gasteiger partial charge is 0.237 e. The summed E-state index contributed by atoms with van der Waals surface area (Å²) in [5.74, 6) is 0.648. The van der Waals surface area contributed by atoms with E-state index in [4.69, 9.17) is 0 Å². The molecule has 2 aromatic carbocycles. The van der Waals surface area contributed by atoms with Gasteiger partial charge in [-0.25, -0.2) is 0 Å². The molecule has 8 heteroatoms. The minimum Gasteiger partial charge on any atom is -0.360 e. The summed E-state index contributed by atoms with van der Waals surface area (Å²) in [5.41, 5.74) is 3.26. The van der Waals surface area contributed by atoms with Gasteiger partial charge in [-0.15, -0.1) is 10.2 Å². The van der Waals surface area contributed by atoms with Crippen LogP contribution in [0.1, 0.15) is 43.1 Å². The van der Waals surface area contributed by atoms with Crippen LogP contribution in [0.15, 0.2) is 59.9 Å². The van der Waals surface area contributed by atoms with Gasteiger partial charge in [0.1, 0.15) is 0 Å². The Morgan fingerprint density at radius 3 is 2.75 bits per heavy atom. The summed E-state index contributed by atoms with van der Waals surface area (Å²) < 4.78 is 2.17. The molecule has 1 aliphatic carbocycles. The number of nitrogens with zero attached hydrogens (tertiary/aromatic N) is 3. The highest BCUT2D eigenvalue weighted by Gasteiger charge is 2.32. The number of Topliss-reactive ketones (excluding diaryl/α,β-unsaturated/α-hetero) is 1. The molecule has 1 saturated carbocycles. The second kappa shape index (κ2) is 8.27. The zero-order valence-corrected chi connectivity index (χ0v) is 18.6. The van der Waals surface area contributed by atoms with Crippen LogP contribution in [0, 0.1) is 0 Å². The molecule has 1 fully saturated rings. The Hall–Kier alpha value is -3.39.